The van der Waals surface area contributed by atoms with Gasteiger partial charge in [0.15, 0.2) is 5.78 Å². The van der Waals surface area contributed by atoms with Crippen LogP contribution in [0.25, 0.3) is 0 Å². The van der Waals surface area contributed by atoms with Crippen molar-refractivity contribution in [3.63, 3.8) is 0 Å². The van der Waals surface area contributed by atoms with Crippen LogP contribution in [0.3, 0.4) is 0 Å². The molecule has 0 N–H and O–H groups in total. The van der Waals surface area contributed by atoms with Crippen LogP contribution in [-0.2, 0) is 4.74 Å². The van der Waals surface area contributed by atoms with Crippen molar-refractivity contribution in [1.29, 1.82) is 0 Å². The maximum Gasteiger partial charge on any atom is 0.338 e. The molecule has 0 bridgehead atoms. The van der Waals surface area contributed by atoms with E-state index in [0.717, 1.165) is 19.3 Å². The molecule has 0 saturated heterocycles. The minimum atomic E-state index is -0.345. The fraction of sp³-hybridized carbons (Fsp3) is 0.467. The molecular formula is C15H20O3. The summed E-state index contributed by atoms with van der Waals surface area (Å²) in [5.74, 6) is -0.207. The number of Topliss-reactive ketones (excluding diaryl/α,β-unsaturated/α-hetero) is 1. The van der Waals surface area contributed by atoms with Gasteiger partial charge in [-0.05, 0) is 25.5 Å². The number of benzene rings is 1. The Labute approximate surface area is 108 Å². The number of esters is 1. The third kappa shape index (κ3) is 4.32. The minimum Gasteiger partial charge on any atom is -0.462 e. The monoisotopic (exact) mass is 248 g/mol. The van der Waals surface area contributed by atoms with Gasteiger partial charge in [0, 0.05) is 12.0 Å². The second-order valence-electron chi connectivity index (χ2n) is 4.18. The van der Waals surface area contributed by atoms with Crippen molar-refractivity contribution in [3.8, 4) is 0 Å². The van der Waals surface area contributed by atoms with Gasteiger partial charge in [0.1, 0.15) is 0 Å². The highest BCUT2D eigenvalue weighted by atomic mass is 16.5. The second kappa shape index (κ2) is 7.64. The first kappa shape index (κ1) is 14.4. The van der Waals surface area contributed by atoms with E-state index in [4.69, 9.17) is 4.74 Å². The summed E-state index contributed by atoms with van der Waals surface area (Å²) in [6.45, 7) is 4.23. The Morgan fingerprint density at radius 1 is 1.00 bits per heavy atom. The van der Waals surface area contributed by atoms with Crippen molar-refractivity contribution in [2.24, 2.45) is 0 Å². The van der Waals surface area contributed by atoms with Gasteiger partial charge in [0.25, 0.3) is 0 Å². The minimum absolute atomic E-state index is 0.138. The molecule has 0 unspecified atom stereocenters. The Hall–Kier alpha value is -1.64. The fourth-order valence-electron chi connectivity index (χ4n) is 1.69. The SMILES string of the molecule is CCCCCC(=O)c1ccc(C(=O)OCC)cc1. The van der Waals surface area contributed by atoms with E-state index in [2.05, 4.69) is 6.92 Å². The maximum absolute atomic E-state index is 11.8. The molecule has 0 aliphatic carbocycles. The van der Waals surface area contributed by atoms with Gasteiger partial charge in [-0.3, -0.25) is 4.79 Å². The molecule has 0 aromatic heterocycles. The molecular weight excluding hydrogens is 228 g/mol. The van der Waals surface area contributed by atoms with Gasteiger partial charge < -0.3 is 4.74 Å². The first-order chi connectivity index (χ1) is 8.69. The fourth-order valence-corrected chi connectivity index (χ4v) is 1.69. The highest BCUT2D eigenvalue weighted by molar-refractivity contribution is 5.97. The number of carbonyl (C=O) groups excluding carboxylic acids is 2. The van der Waals surface area contributed by atoms with Crippen LogP contribution in [-0.4, -0.2) is 18.4 Å². The van der Waals surface area contributed by atoms with Gasteiger partial charge in [0.05, 0.1) is 12.2 Å². The molecule has 0 fully saturated rings. The molecule has 18 heavy (non-hydrogen) atoms. The molecule has 0 spiro atoms. The number of unbranched alkanes of at least 4 members (excludes halogenated alkanes) is 2. The van der Waals surface area contributed by atoms with E-state index in [1.165, 1.54) is 0 Å². The zero-order valence-electron chi connectivity index (χ0n) is 11.1. The van der Waals surface area contributed by atoms with Gasteiger partial charge in [-0.15, -0.1) is 0 Å². The van der Waals surface area contributed by atoms with Crippen molar-refractivity contribution < 1.29 is 14.3 Å². The zero-order chi connectivity index (χ0) is 13.4. The molecule has 0 aliphatic heterocycles. The third-order valence-electron chi connectivity index (χ3n) is 2.73. The Balaban J connectivity index is 2.59. The van der Waals surface area contributed by atoms with Crippen LogP contribution >= 0.6 is 0 Å². The molecule has 0 saturated carbocycles. The summed E-state index contributed by atoms with van der Waals surface area (Å²) < 4.78 is 4.88. The van der Waals surface area contributed by atoms with Crippen LogP contribution in [0.15, 0.2) is 24.3 Å². The summed E-state index contributed by atoms with van der Waals surface area (Å²) in [6, 6.07) is 6.68. The van der Waals surface area contributed by atoms with Gasteiger partial charge in [-0.25, -0.2) is 4.79 Å². The molecule has 0 amide bonds. The molecule has 1 aromatic rings. The number of rotatable bonds is 7. The summed E-state index contributed by atoms with van der Waals surface area (Å²) in [5.41, 5.74) is 1.15. The Bertz CT molecular complexity index is 393. The van der Waals surface area contributed by atoms with Crippen LogP contribution in [0, 0.1) is 0 Å². The second-order valence-corrected chi connectivity index (χ2v) is 4.18. The standard InChI is InChI=1S/C15H20O3/c1-3-5-6-7-14(16)12-8-10-13(11-9-12)15(17)18-4-2/h8-11H,3-7H2,1-2H3. The van der Waals surface area contributed by atoms with E-state index < -0.39 is 0 Å². The van der Waals surface area contributed by atoms with Crippen molar-refractivity contribution >= 4 is 11.8 Å². The average molecular weight is 248 g/mol. The molecule has 1 aromatic carbocycles. The highest BCUT2D eigenvalue weighted by Gasteiger charge is 2.09. The van der Waals surface area contributed by atoms with Gasteiger partial charge >= 0.3 is 5.97 Å². The van der Waals surface area contributed by atoms with Gasteiger partial charge in [-0.2, -0.15) is 0 Å². The molecule has 0 aliphatic rings. The number of carbonyl (C=O) groups is 2. The molecule has 98 valence electrons. The van der Waals surface area contributed by atoms with E-state index >= 15 is 0 Å². The topological polar surface area (TPSA) is 43.4 Å². The summed E-state index contributed by atoms with van der Waals surface area (Å²) >= 11 is 0. The quantitative estimate of drug-likeness (QED) is 0.420. The predicted octanol–water partition coefficient (Wildman–Crippen LogP) is 3.63. The normalized spacial score (nSPS) is 10.1. The van der Waals surface area contributed by atoms with E-state index in [9.17, 15) is 9.59 Å². The van der Waals surface area contributed by atoms with Crippen molar-refractivity contribution in [3.05, 3.63) is 35.4 Å². The molecule has 1 rings (SSSR count). The lowest BCUT2D eigenvalue weighted by Gasteiger charge is -2.03. The van der Waals surface area contributed by atoms with Crippen molar-refractivity contribution in [2.75, 3.05) is 6.61 Å². The lowest BCUT2D eigenvalue weighted by Crippen LogP contribution is -2.05. The highest BCUT2D eigenvalue weighted by Crippen LogP contribution is 2.10. The molecule has 0 heterocycles. The Kier molecular flexibility index (Phi) is 6.12. The average Bonchev–Trinajstić information content (AvgIpc) is 2.39. The number of hydrogen-bond acceptors (Lipinski definition) is 3. The maximum atomic E-state index is 11.8. The molecule has 3 heteroatoms. The first-order valence-corrected chi connectivity index (χ1v) is 6.49. The third-order valence-corrected chi connectivity index (χ3v) is 2.73. The van der Waals surface area contributed by atoms with Gasteiger partial charge in [-0.1, -0.05) is 31.9 Å². The van der Waals surface area contributed by atoms with Crippen LogP contribution in [0.2, 0.25) is 0 Å². The Morgan fingerprint density at radius 2 is 1.61 bits per heavy atom. The van der Waals surface area contributed by atoms with Crippen LogP contribution in [0.5, 0.6) is 0 Å². The van der Waals surface area contributed by atoms with Crippen LogP contribution < -0.4 is 0 Å². The predicted molar refractivity (Wildman–Crippen MR) is 70.9 cm³/mol. The van der Waals surface area contributed by atoms with E-state index in [0.29, 0.717) is 24.2 Å². The first-order valence-electron chi connectivity index (χ1n) is 6.49. The van der Waals surface area contributed by atoms with Crippen LogP contribution in [0.1, 0.15) is 60.2 Å². The molecule has 0 atom stereocenters. The van der Waals surface area contributed by atoms with E-state index in [1.807, 2.05) is 0 Å². The number of ketones is 1. The Morgan fingerprint density at radius 3 is 2.17 bits per heavy atom. The largest absolute Gasteiger partial charge is 0.462 e. The van der Waals surface area contributed by atoms with E-state index in [-0.39, 0.29) is 11.8 Å². The van der Waals surface area contributed by atoms with E-state index in [1.54, 1.807) is 31.2 Å². The molecule has 0 radical (unpaired) electrons. The van der Waals surface area contributed by atoms with Crippen molar-refractivity contribution in [1.82, 2.24) is 0 Å². The molecule has 3 nitrogen and oxygen atoms in total. The smallest absolute Gasteiger partial charge is 0.338 e. The summed E-state index contributed by atoms with van der Waals surface area (Å²) in [7, 11) is 0. The number of ether oxygens (including phenoxy) is 1. The number of hydrogen-bond donors (Lipinski definition) is 0. The zero-order valence-corrected chi connectivity index (χ0v) is 11.1. The summed E-state index contributed by atoms with van der Waals surface area (Å²) in [6.07, 6.45) is 3.68. The van der Waals surface area contributed by atoms with Crippen LogP contribution in [0.4, 0.5) is 0 Å². The summed E-state index contributed by atoms with van der Waals surface area (Å²) in [4.78, 5) is 23.2. The van der Waals surface area contributed by atoms with Crippen molar-refractivity contribution in [2.45, 2.75) is 39.5 Å². The lowest BCUT2D eigenvalue weighted by molar-refractivity contribution is 0.0526. The van der Waals surface area contributed by atoms with Gasteiger partial charge in [0.2, 0.25) is 0 Å². The summed E-state index contributed by atoms with van der Waals surface area (Å²) in [5, 5.41) is 0. The lowest BCUT2D eigenvalue weighted by atomic mass is 10.0.